The van der Waals surface area contributed by atoms with Crippen LogP contribution in [-0.2, 0) is 11.3 Å². The quantitative estimate of drug-likeness (QED) is 0.456. The Labute approximate surface area is 154 Å². The van der Waals surface area contributed by atoms with Gasteiger partial charge >= 0.3 is 6.02 Å². The predicted molar refractivity (Wildman–Crippen MR) is 94.0 cm³/mol. The Hall–Kier alpha value is -2.38. The molecule has 0 radical (unpaired) electrons. The molecule has 1 aliphatic rings. The topological polar surface area (TPSA) is 80.9 Å². The Balaban J connectivity index is 1.89. The van der Waals surface area contributed by atoms with Crippen molar-refractivity contribution in [3.05, 3.63) is 74.0 Å². The van der Waals surface area contributed by atoms with E-state index < -0.39 is 11.1 Å². The van der Waals surface area contributed by atoms with Crippen LogP contribution in [0.3, 0.4) is 0 Å². The number of benzene rings is 1. The molecule has 3 rings (SSSR count). The SMILES string of the molecule is C[C@H]1[C@H](c2ccc(Cl)cc2)OC(=N[N+](=O)[O-])N1Cc1ccc(Cl)nc1. The molecule has 2 heterocycles. The number of nitrogens with zero attached hydrogens (tertiary/aromatic N) is 4. The maximum absolute atomic E-state index is 10.9. The molecule has 0 bridgehead atoms. The molecule has 7 nitrogen and oxygen atoms in total. The summed E-state index contributed by atoms with van der Waals surface area (Å²) in [7, 11) is 0. The lowest BCUT2D eigenvalue weighted by Crippen LogP contribution is -2.32. The van der Waals surface area contributed by atoms with Gasteiger partial charge in [-0.1, -0.05) is 41.4 Å². The average Bonchev–Trinajstić information content (AvgIpc) is 2.86. The van der Waals surface area contributed by atoms with Crippen LogP contribution in [0.4, 0.5) is 0 Å². The van der Waals surface area contributed by atoms with Crippen LogP contribution in [0, 0.1) is 10.1 Å². The van der Waals surface area contributed by atoms with Crippen LogP contribution in [0.1, 0.15) is 24.2 Å². The molecule has 1 fully saturated rings. The second-order valence-corrected chi connectivity index (χ2v) is 6.39. The largest absolute Gasteiger partial charge is 0.451 e. The Bertz CT molecular complexity index is 796. The van der Waals surface area contributed by atoms with Crippen molar-refractivity contribution in [1.82, 2.24) is 9.88 Å². The number of pyridine rings is 1. The molecule has 1 aromatic carbocycles. The molecule has 9 heteroatoms. The summed E-state index contributed by atoms with van der Waals surface area (Å²) < 4.78 is 5.76. The predicted octanol–water partition coefficient (Wildman–Crippen LogP) is 3.90. The van der Waals surface area contributed by atoms with E-state index in [0.717, 1.165) is 11.1 Å². The van der Waals surface area contributed by atoms with Crippen LogP contribution in [0.15, 0.2) is 47.7 Å². The molecule has 0 amide bonds. The molecule has 130 valence electrons. The van der Waals surface area contributed by atoms with Crippen molar-refractivity contribution >= 4 is 29.2 Å². The molecule has 0 aliphatic carbocycles. The number of hydrogen-bond donors (Lipinski definition) is 0. The number of ether oxygens (including phenoxy) is 1. The van der Waals surface area contributed by atoms with Crippen LogP contribution in [0.2, 0.25) is 10.2 Å². The van der Waals surface area contributed by atoms with E-state index >= 15 is 0 Å². The van der Waals surface area contributed by atoms with E-state index in [0.29, 0.717) is 16.7 Å². The smallest absolute Gasteiger partial charge is 0.363 e. The van der Waals surface area contributed by atoms with Gasteiger partial charge in [0.05, 0.1) is 6.04 Å². The normalized spacial score (nSPS) is 21.4. The second kappa shape index (κ2) is 7.25. The standard InChI is InChI=1S/C16H14Cl2N4O3/c1-10-15(12-3-5-13(17)6-4-12)25-16(20-22(23)24)21(10)9-11-2-7-14(18)19-8-11/h2-8,10,15H,9H2,1H3/t10-,15+/m0/s1. The van der Waals surface area contributed by atoms with Gasteiger partial charge in [0, 0.05) is 17.8 Å². The molecule has 25 heavy (non-hydrogen) atoms. The van der Waals surface area contributed by atoms with Crippen molar-refractivity contribution in [2.75, 3.05) is 0 Å². The highest BCUT2D eigenvalue weighted by molar-refractivity contribution is 6.30. The van der Waals surface area contributed by atoms with Gasteiger partial charge in [-0.15, -0.1) is 0 Å². The van der Waals surface area contributed by atoms with E-state index in [1.807, 2.05) is 19.1 Å². The zero-order chi connectivity index (χ0) is 18.0. The van der Waals surface area contributed by atoms with Crippen LogP contribution < -0.4 is 0 Å². The van der Waals surface area contributed by atoms with Gasteiger partial charge in [-0.3, -0.25) is 0 Å². The lowest BCUT2D eigenvalue weighted by atomic mass is 10.0. The summed E-state index contributed by atoms with van der Waals surface area (Å²) in [6.45, 7) is 2.28. The molecule has 1 saturated heterocycles. The highest BCUT2D eigenvalue weighted by atomic mass is 35.5. The van der Waals surface area contributed by atoms with Crippen molar-refractivity contribution in [2.45, 2.75) is 25.6 Å². The van der Waals surface area contributed by atoms with Crippen molar-refractivity contribution in [3.8, 4) is 0 Å². The van der Waals surface area contributed by atoms with Crippen molar-refractivity contribution in [3.63, 3.8) is 0 Å². The summed E-state index contributed by atoms with van der Waals surface area (Å²) in [5, 5.41) is 14.5. The zero-order valence-corrected chi connectivity index (χ0v) is 14.7. The maximum Gasteiger partial charge on any atom is 0.363 e. The summed E-state index contributed by atoms with van der Waals surface area (Å²) in [5.74, 6) is 0. The lowest BCUT2D eigenvalue weighted by molar-refractivity contribution is -0.486. The third-order valence-corrected chi connectivity index (χ3v) is 4.39. The van der Waals surface area contributed by atoms with Gasteiger partial charge in [0.25, 0.3) is 0 Å². The van der Waals surface area contributed by atoms with E-state index in [1.54, 1.807) is 35.4 Å². The molecule has 1 aromatic heterocycles. The first-order valence-electron chi connectivity index (χ1n) is 7.46. The van der Waals surface area contributed by atoms with Gasteiger partial charge in [-0.25, -0.2) is 15.1 Å². The number of rotatable bonds is 4. The Morgan fingerprint density at radius 2 is 2.00 bits per heavy atom. The van der Waals surface area contributed by atoms with Crippen LogP contribution in [-0.4, -0.2) is 27.0 Å². The lowest BCUT2D eigenvalue weighted by Gasteiger charge is -2.21. The Morgan fingerprint density at radius 1 is 1.28 bits per heavy atom. The summed E-state index contributed by atoms with van der Waals surface area (Å²) in [6.07, 6.45) is 1.23. The summed E-state index contributed by atoms with van der Waals surface area (Å²) in [4.78, 5) is 16.6. The molecular weight excluding hydrogens is 367 g/mol. The first kappa shape index (κ1) is 17.4. The fourth-order valence-corrected chi connectivity index (χ4v) is 2.91. The average molecular weight is 381 g/mol. The van der Waals surface area contributed by atoms with Crippen molar-refractivity contribution in [2.24, 2.45) is 5.10 Å². The maximum atomic E-state index is 10.9. The van der Waals surface area contributed by atoms with E-state index in [4.69, 9.17) is 27.9 Å². The van der Waals surface area contributed by atoms with E-state index in [2.05, 4.69) is 10.1 Å². The third kappa shape index (κ3) is 4.00. The summed E-state index contributed by atoms with van der Waals surface area (Å²) >= 11 is 11.7. The minimum absolute atomic E-state index is 0.0348. The number of nitro groups is 1. The third-order valence-electron chi connectivity index (χ3n) is 3.92. The van der Waals surface area contributed by atoms with Crippen molar-refractivity contribution in [1.29, 1.82) is 0 Å². The van der Waals surface area contributed by atoms with Gasteiger partial charge in [-0.05, 0) is 36.2 Å². The van der Waals surface area contributed by atoms with Crippen LogP contribution >= 0.6 is 23.2 Å². The Morgan fingerprint density at radius 3 is 2.60 bits per heavy atom. The number of aromatic nitrogens is 1. The monoisotopic (exact) mass is 380 g/mol. The highest BCUT2D eigenvalue weighted by Crippen LogP contribution is 2.34. The summed E-state index contributed by atoms with van der Waals surface area (Å²) in [5.41, 5.74) is 1.71. The first-order chi connectivity index (χ1) is 11.9. The van der Waals surface area contributed by atoms with E-state index in [9.17, 15) is 10.1 Å². The molecule has 2 atom stereocenters. The Kier molecular flexibility index (Phi) is 5.06. The molecule has 2 aromatic rings. The van der Waals surface area contributed by atoms with Crippen LogP contribution in [0.5, 0.6) is 0 Å². The number of amidine groups is 1. The number of hydrazone groups is 1. The van der Waals surface area contributed by atoms with Gasteiger partial charge in [0.1, 0.15) is 16.4 Å². The molecule has 0 saturated carbocycles. The fraction of sp³-hybridized carbons (Fsp3) is 0.250. The van der Waals surface area contributed by atoms with Crippen LogP contribution in [0.25, 0.3) is 0 Å². The second-order valence-electron chi connectivity index (χ2n) is 5.57. The van der Waals surface area contributed by atoms with Gasteiger partial charge in [0.15, 0.2) is 5.03 Å². The first-order valence-corrected chi connectivity index (χ1v) is 8.22. The fourth-order valence-electron chi connectivity index (χ4n) is 2.68. The van der Waals surface area contributed by atoms with Crippen molar-refractivity contribution < 1.29 is 9.77 Å². The molecular formula is C16H14Cl2N4O3. The molecule has 0 unspecified atom stereocenters. The minimum Gasteiger partial charge on any atom is -0.451 e. The number of hydrogen-bond acceptors (Lipinski definition) is 4. The number of halogens is 2. The molecule has 0 N–H and O–H groups in total. The van der Waals surface area contributed by atoms with Gasteiger partial charge < -0.3 is 9.64 Å². The van der Waals surface area contributed by atoms with Gasteiger partial charge in [0.2, 0.25) is 0 Å². The molecule has 1 aliphatic heterocycles. The minimum atomic E-state index is -0.764. The zero-order valence-electron chi connectivity index (χ0n) is 13.2. The van der Waals surface area contributed by atoms with E-state index in [1.165, 1.54) is 0 Å². The molecule has 0 spiro atoms. The summed E-state index contributed by atoms with van der Waals surface area (Å²) in [6, 6.07) is 10.4. The van der Waals surface area contributed by atoms with E-state index in [-0.39, 0.29) is 12.1 Å². The highest BCUT2D eigenvalue weighted by Gasteiger charge is 2.40. The van der Waals surface area contributed by atoms with Gasteiger partial charge in [-0.2, -0.15) is 0 Å².